The molecule has 0 bridgehead atoms. The molecule has 0 fully saturated rings. The van der Waals surface area contributed by atoms with Crippen LogP contribution in [0.3, 0.4) is 0 Å². The van der Waals surface area contributed by atoms with E-state index >= 15 is 0 Å². The number of amidine groups is 1. The van der Waals surface area contributed by atoms with Gasteiger partial charge in [0.15, 0.2) is 5.17 Å². The fraction of sp³-hybridized carbons (Fsp3) is 0.226. The number of carbonyl (C=O) groups excluding carboxylic acids is 2. The first-order valence-electron chi connectivity index (χ1n) is 12.9. The fourth-order valence-corrected chi connectivity index (χ4v) is 5.67. The molecule has 39 heavy (non-hydrogen) atoms. The second-order valence-electron chi connectivity index (χ2n) is 9.38. The number of amides is 1. The molecule has 198 valence electrons. The van der Waals surface area contributed by atoms with Crippen molar-refractivity contribution in [1.29, 1.82) is 0 Å². The van der Waals surface area contributed by atoms with E-state index < -0.39 is 12.0 Å². The van der Waals surface area contributed by atoms with Crippen LogP contribution in [0, 0.1) is 13.8 Å². The van der Waals surface area contributed by atoms with Crippen LogP contribution in [0.2, 0.25) is 0 Å². The van der Waals surface area contributed by atoms with Crippen LogP contribution in [0.1, 0.15) is 47.3 Å². The summed E-state index contributed by atoms with van der Waals surface area (Å²) < 4.78 is 5.60. The Hall–Kier alpha value is -4.17. The van der Waals surface area contributed by atoms with Gasteiger partial charge in [-0.2, -0.15) is 0 Å². The molecule has 0 saturated carbocycles. The monoisotopic (exact) mass is 538 g/mol. The van der Waals surface area contributed by atoms with E-state index in [-0.39, 0.29) is 18.9 Å². The van der Waals surface area contributed by atoms with E-state index in [1.807, 2.05) is 72.7 Å². The maximum absolute atomic E-state index is 13.7. The van der Waals surface area contributed by atoms with Crippen LogP contribution >= 0.6 is 11.8 Å². The average Bonchev–Trinajstić information content (AvgIpc) is 3.35. The minimum Gasteiger partial charge on any atom is -0.463 e. The van der Waals surface area contributed by atoms with Gasteiger partial charge in [0, 0.05) is 17.5 Å². The van der Waals surface area contributed by atoms with Crippen LogP contribution in [-0.2, 0) is 20.9 Å². The Bertz CT molecular complexity index is 1480. The van der Waals surface area contributed by atoms with Crippen LogP contribution in [0.15, 0.2) is 94.6 Å². The van der Waals surface area contributed by atoms with E-state index in [2.05, 4.69) is 28.5 Å². The van der Waals surface area contributed by atoms with Gasteiger partial charge < -0.3 is 15.0 Å². The van der Waals surface area contributed by atoms with Gasteiger partial charge in [-0.3, -0.25) is 9.78 Å². The second-order valence-corrected chi connectivity index (χ2v) is 10.2. The van der Waals surface area contributed by atoms with Gasteiger partial charge in [-0.1, -0.05) is 71.9 Å². The van der Waals surface area contributed by atoms with Gasteiger partial charge in [-0.15, -0.1) is 0 Å². The summed E-state index contributed by atoms with van der Waals surface area (Å²) in [6.45, 7) is 6.46. The molecule has 0 unspecified atom stereocenters. The molecule has 8 heteroatoms. The van der Waals surface area contributed by atoms with Crippen molar-refractivity contribution in [3.63, 3.8) is 0 Å². The van der Waals surface area contributed by atoms with E-state index in [9.17, 15) is 9.59 Å². The van der Waals surface area contributed by atoms with Gasteiger partial charge in [0.2, 0.25) is 5.91 Å². The zero-order valence-corrected chi connectivity index (χ0v) is 23.0. The molecule has 2 aliphatic rings. The molecule has 1 aromatic heterocycles. The molecule has 0 radical (unpaired) electrons. The molecule has 2 aliphatic heterocycles. The first kappa shape index (κ1) is 26.4. The molecule has 1 N–H and O–H groups in total. The quantitative estimate of drug-likeness (QED) is 0.372. The maximum atomic E-state index is 13.7. The highest BCUT2D eigenvalue weighted by Gasteiger charge is 2.42. The number of rotatable bonds is 8. The van der Waals surface area contributed by atoms with Crippen LogP contribution in [0.5, 0.6) is 0 Å². The van der Waals surface area contributed by atoms with Gasteiger partial charge in [0.1, 0.15) is 0 Å². The summed E-state index contributed by atoms with van der Waals surface area (Å²) in [4.78, 5) is 38.0. The Labute approximate surface area is 232 Å². The van der Waals surface area contributed by atoms with Crippen molar-refractivity contribution < 1.29 is 14.3 Å². The van der Waals surface area contributed by atoms with Crippen molar-refractivity contribution >= 4 is 34.5 Å². The summed E-state index contributed by atoms with van der Waals surface area (Å²) in [5, 5.41) is 5.64. The SMILES string of the molecule is CCOC(=O)C1=C(c2ccccc2)N=C2SC=C(CC(=O)NCc3ccccn3)N2[C@H]1c1cc(C)ccc1C. The third-order valence-electron chi connectivity index (χ3n) is 6.62. The zero-order chi connectivity index (χ0) is 27.4. The summed E-state index contributed by atoms with van der Waals surface area (Å²) in [7, 11) is 0. The number of nitrogens with zero attached hydrogens (tertiary/aromatic N) is 3. The summed E-state index contributed by atoms with van der Waals surface area (Å²) >= 11 is 1.46. The van der Waals surface area contributed by atoms with Crippen LogP contribution in [0.25, 0.3) is 5.70 Å². The largest absolute Gasteiger partial charge is 0.463 e. The molecule has 7 nitrogen and oxygen atoms in total. The van der Waals surface area contributed by atoms with Gasteiger partial charge in [-0.25, -0.2) is 9.79 Å². The first-order chi connectivity index (χ1) is 19.0. The maximum Gasteiger partial charge on any atom is 0.338 e. The fourth-order valence-electron chi connectivity index (χ4n) is 4.76. The third-order valence-corrected chi connectivity index (χ3v) is 7.51. The van der Waals surface area contributed by atoms with Crippen molar-refractivity contribution in [2.45, 2.75) is 39.8 Å². The number of hydrogen-bond donors (Lipinski definition) is 1. The Morgan fingerprint density at radius 1 is 1.05 bits per heavy atom. The van der Waals surface area contributed by atoms with E-state index in [4.69, 9.17) is 9.73 Å². The minimum absolute atomic E-state index is 0.135. The number of aromatic nitrogens is 1. The third kappa shape index (κ3) is 5.66. The number of fused-ring (bicyclic) bond motifs is 1. The highest BCUT2D eigenvalue weighted by atomic mass is 32.2. The first-order valence-corrected chi connectivity index (χ1v) is 13.8. The lowest BCUT2D eigenvalue weighted by molar-refractivity contribution is -0.139. The van der Waals surface area contributed by atoms with Crippen LogP contribution < -0.4 is 5.32 Å². The Balaban J connectivity index is 1.56. The number of hydrogen-bond acceptors (Lipinski definition) is 7. The van der Waals surface area contributed by atoms with E-state index in [0.717, 1.165) is 38.8 Å². The van der Waals surface area contributed by atoms with Gasteiger partial charge in [-0.05, 0) is 49.4 Å². The Morgan fingerprint density at radius 2 is 1.85 bits per heavy atom. The van der Waals surface area contributed by atoms with Crippen molar-refractivity contribution in [2.75, 3.05) is 6.61 Å². The Kier molecular flexibility index (Phi) is 7.93. The molecular weight excluding hydrogens is 508 g/mol. The van der Waals surface area contributed by atoms with Crippen LogP contribution in [-0.4, -0.2) is 33.5 Å². The standard InChI is InChI=1S/C31H30N4O3S/c1-4-38-30(37)27-28(22-10-6-5-7-11-22)34-31-35(29(27)25-16-20(2)13-14-21(25)3)24(19-39-31)17-26(36)33-18-23-12-8-9-15-32-23/h5-16,19,29H,4,17-18H2,1-3H3,(H,33,36)/t29-/m0/s1. The van der Waals surface area contributed by atoms with Gasteiger partial charge in [0.25, 0.3) is 0 Å². The van der Waals surface area contributed by atoms with Crippen molar-refractivity contribution in [3.8, 4) is 0 Å². The summed E-state index contributed by atoms with van der Waals surface area (Å²) in [5.41, 5.74) is 6.54. The lowest BCUT2D eigenvalue weighted by Gasteiger charge is -2.37. The summed E-state index contributed by atoms with van der Waals surface area (Å²) in [6, 6.07) is 21.0. The predicted octanol–water partition coefficient (Wildman–Crippen LogP) is 5.68. The molecule has 1 atom stereocenters. The number of ether oxygens (including phenoxy) is 1. The summed E-state index contributed by atoms with van der Waals surface area (Å²) in [6.07, 6.45) is 1.84. The topological polar surface area (TPSA) is 83.9 Å². The molecule has 3 heterocycles. The van der Waals surface area contributed by atoms with E-state index in [0.29, 0.717) is 17.8 Å². The smallest absolute Gasteiger partial charge is 0.338 e. The number of aryl methyl sites for hydroxylation is 2. The molecule has 0 saturated heterocycles. The number of carbonyl (C=O) groups is 2. The molecular formula is C31H30N4O3S. The van der Waals surface area contributed by atoms with Crippen molar-refractivity contribution in [2.24, 2.45) is 4.99 Å². The molecule has 3 aromatic rings. The number of benzene rings is 2. The molecule has 0 spiro atoms. The number of nitrogens with one attached hydrogen (secondary N) is 1. The van der Waals surface area contributed by atoms with Crippen molar-refractivity contribution in [1.82, 2.24) is 15.2 Å². The van der Waals surface area contributed by atoms with E-state index in [1.54, 1.807) is 13.1 Å². The lowest BCUT2D eigenvalue weighted by atomic mass is 9.88. The lowest BCUT2D eigenvalue weighted by Crippen LogP contribution is -2.38. The number of thioether (sulfide) groups is 1. The highest BCUT2D eigenvalue weighted by molar-refractivity contribution is 8.16. The molecule has 5 rings (SSSR count). The second kappa shape index (κ2) is 11.7. The zero-order valence-electron chi connectivity index (χ0n) is 22.2. The predicted molar refractivity (Wildman–Crippen MR) is 154 cm³/mol. The molecule has 0 aliphatic carbocycles. The van der Waals surface area contributed by atoms with Crippen LogP contribution in [0.4, 0.5) is 0 Å². The minimum atomic E-state index is -0.503. The summed E-state index contributed by atoms with van der Waals surface area (Å²) in [5.74, 6) is -0.551. The molecule has 2 aromatic carbocycles. The Morgan fingerprint density at radius 3 is 2.59 bits per heavy atom. The highest BCUT2D eigenvalue weighted by Crippen LogP contribution is 2.47. The average molecular weight is 539 g/mol. The number of esters is 1. The van der Waals surface area contributed by atoms with E-state index in [1.165, 1.54) is 11.8 Å². The number of aliphatic imine (C=N–C) groups is 1. The van der Waals surface area contributed by atoms with Crippen molar-refractivity contribution in [3.05, 3.63) is 118 Å². The van der Waals surface area contributed by atoms with Gasteiger partial charge in [0.05, 0.1) is 42.6 Å². The van der Waals surface area contributed by atoms with Gasteiger partial charge >= 0.3 is 5.97 Å². The normalized spacial score (nSPS) is 16.4. The number of pyridine rings is 1. The molecule has 1 amide bonds.